The van der Waals surface area contributed by atoms with Gasteiger partial charge in [0.25, 0.3) is 0 Å². The van der Waals surface area contributed by atoms with Gasteiger partial charge in [-0.3, -0.25) is 9.67 Å². The standard InChI is InChI=1S/C12H15N3O2S/c1-12(2,3)15-10(13-14-11(15)18)9-7(16)5-4-6-8(9)17/h4-6,16-17H,1-3H3,(H,14,18). The monoisotopic (exact) mass is 265 g/mol. The highest BCUT2D eigenvalue weighted by Crippen LogP contribution is 2.37. The zero-order chi connectivity index (χ0) is 13.5. The van der Waals surface area contributed by atoms with Crippen molar-refractivity contribution in [3.63, 3.8) is 0 Å². The van der Waals surface area contributed by atoms with Crippen LogP contribution in [0.25, 0.3) is 11.4 Å². The Hall–Kier alpha value is -1.82. The molecule has 0 aliphatic rings. The van der Waals surface area contributed by atoms with Crippen molar-refractivity contribution in [1.29, 1.82) is 0 Å². The minimum absolute atomic E-state index is 0.0329. The molecular weight excluding hydrogens is 250 g/mol. The molecule has 6 heteroatoms. The number of phenols is 2. The minimum atomic E-state index is -0.311. The average molecular weight is 265 g/mol. The summed E-state index contributed by atoms with van der Waals surface area (Å²) in [6, 6.07) is 4.57. The number of aromatic amines is 1. The van der Waals surface area contributed by atoms with Crippen LogP contribution in [-0.4, -0.2) is 25.0 Å². The fourth-order valence-electron chi connectivity index (χ4n) is 1.84. The summed E-state index contributed by atoms with van der Waals surface area (Å²) in [5.74, 6) is 0.354. The van der Waals surface area contributed by atoms with Crippen LogP contribution in [0, 0.1) is 4.77 Å². The van der Waals surface area contributed by atoms with E-state index < -0.39 is 0 Å². The fourth-order valence-corrected chi connectivity index (χ4v) is 2.25. The number of aromatic nitrogens is 3. The van der Waals surface area contributed by atoms with Crippen molar-refractivity contribution in [2.24, 2.45) is 0 Å². The molecule has 0 unspecified atom stereocenters. The quantitative estimate of drug-likeness (QED) is 0.693. The van der Waals surface area contributed by atoms with E-state index in [1.165, 1.54) is 12.1 Å². The summed E-state index contributed by atoms with van der Waals surface area (Å²) in [5.41, 5.74) is -0.0338. The van der Waals surface area contributed by atoms with Crippen LogP contribution >= 0.6 is 12.2 Å². The second-order valence-electron chi connectivity index (χ2n) is 5.03. The van der Waals surface area contributed by atoms with Gasteiger partial charge >= 0.3 is 0 Å². The second kappa shape index (κ2) is 4.13. The molecule has 0 aliphatic heterocycles. The molecule has 0 saturated heterocycles. The van der Waals surface area contributed by atoms with Crippen LogP contribution in [0.3, 0.4) is 0 Å². The van der Waals surface area contributed by atoms with Crippen LogP contribution in [-0.2, 0) is 5.54 Å². The van der Waals surface area contributed by atoms with Gasteiger partial charge in [-0.15, -0.1) is 0 Å². The molecule has 0 radical (unpaired) electrons. The first-order chi connectivity index (χ1) is 8.32. The maximum Gasteiger partial charge on any atom is 0.195 e. The number of phenolic OH excluding ortho intramolecular Hbond substituents is 2. The number of nitrogens with zero attached hydrogens (tertiary/aromatic N) is 2. The van der Waals surface area contributed by atoms with E-state index in [0.29, 0.717) is 10.6 Å². The maximum atomic E-state index is 9.88. The Morgan fingerprint density at radius 2 is 1.78 bits per heavy atom. The molecule has 18 heavy (non-hydrogen) atoms. The van der Waals surface area contributed by atoms with Crippen LogP contribution in [0.5, 0.6) is 11.5 Å². The van der Waals surface area contributed by atoms with Crippen molar-refractivity contribution in [3.05, 3.63) is 23.0 Å². The summed E-state index contributed by atoms with van der Waals surface area (Å²) in [6.07, 6.45) is 0. The fraction of sp³-hybridized carbons (Fsp3) is 0.333. The highest BCUT2D eigenvalue weighted by Gasteiger charge is 2.23. The molecule has 5 nitrogen and oxygen atoms in total. The summed E-state index contributed by atoms with van der Waals surface area (Å²) in [7, 11) is 0. The second-order valence-corrected chi connectivity index (χ2v) is 5.42. The Morgan fingerprint density at radius 3 is 2.28 bits per heavy atom. The van der Waals surface area contributed by atoms with Crippen molar-refractivity contribution < 1.29 is 10.2 Å². The lowest BCUT2D eigenvalue weighted by atomic mass is 10.1. The van der Waals surface area contributed by atoms with E-state index in [9.17, 15) is 10.2 Å². The zero-order valence-corrected chi connectivity index (χ0v) is 11.2. The third kappa shape index (κ3) is 1.99. The summed E-state index contributed by atoms with van der Waals surface area (Å²) in [6.45, 7) is 5.91. The first kappa shape index (κ1) is 12.6. The predicted molar refractivity (Wildman–Crippen MR) is 71.2 cm³/mol. The lowest BCUT2D eigenvalue weighted by Crippen LogP contribution is -2.23. The van der Waals surface area contributed by atoms with Crippen molar-refractivity contribution in [3.8, 4) is 22.9 Å². The van der Waals surface area contributed by atoms with Gasteiger partial charge in [0.15, 0.2) is 10.6 Å². The normalized spacial score (nSPS) is 11.7. The van der Waals surface area contributed by atoms with Gasteiger partial charge < -0.3 is 10.2 Å². The molecule has 96 valence electrons. The first-order valence-electron chi connectivity index (χ1n) is 5.51. The molecule has 2 aromatic rings. The largest absolute Gasteiger partial charge is 0.507 e. The SMILES string of the molecule is CC(C)(C)n1c(-c2c(O)cccc2O)n[nH]c1=S. The molecular formula is C12H15N3O2S. The zero-order valence-electron chi connectivity index (χ0n) is 10.4. The number of H-pyrrole nitrogens is 1. The predicted octanol–water partition coefficient (Wildman–Crippen LogP) is 2.77. The Bertz CT molecular complexity index is 617. The number of hydrogen-bond donors (Lipinski definition) is 3. The number of nitrogens with one attached hydrogen (secondary N) is 1. The molecule has 3 N–H and O–H groups in total. The summed E-state index contributed by atoms with van der Waals surface area (Å²) in [5, 5.41) is 26.6. The summed E-state index contributed by atoms with van der Waals surface area (Å²) >= 11 is 5.19. The number of benzene rings is 1. The average Bonchev–Trinajstić information content (AvgIpc) is 2.59. The summed E-state index contributed by atoms with van der Waals surface area (Å²) < 4.78 is 2.21. The Labute approximate surface area is 110 Å². The van der Waals surface area contributed by atoms with E-state index in [0.717, 1.165) is 0 Å². The molecule has 2 rings (SSSR count). The van der Waals surface area contributed by atoms with Crippen LogP contribution in [0.1, 0.15) is 20.8 Å². The Balaban J connectivity index is 2.78. The van der Waals surface area contributed by atoms with Gasteiger partial charge in [-0.05, 0) is 45.1 Å². The Morgan fingerprint density at radius 1 is 1.22 bits per heavy atom. The summed E-state index contributed by atoms with van der Waals surface area (Å²) in [4.78, 5) is 0. The van der Waals surface area contributed by atoms with Crippen molar-refractivity contribution in [2.75, 3.05) is 0 Å². The topological polar surface area (TPSA) is 74.1 Å². The van der Waals surface area contributed by atoms with Crippen LogP contribution < -0.4 is 0 Å². The molecule has 0 atom stereocenters. The number of aromatic hydroxyl groups is 2. The number of hydrogen-bond acceptors (Lipinski definition) is 4. The molecule has 0 saturated carbocycles. The smallest absolute Gasteiger partial charge is 0.195 e. The highest BCUT2D eigenvalue weighted by molar-refractivity contribution is 7.71. The first-order valence-corrected chi connectivity index (χ1v) is 5.92. The molecule has 1 aromatic heterocycles. The molecule has 0 bridgehead atoms. The third-order valence-corrected chi connectivity index (χ3v) is 2.86. The molecule has 0 spiro atoms. The van der Waals surface area contributed by atoms with Gasteiger partial charge in [0.2, 0.25) is 0 Å². The molecule has 1 heterocycles. The van der Waals surface area contributed by atoms with E-state index in [2.05, 4.69) is 10.2 Å². The highest BCUT2D eigenvalue weighted by atomic mass is 32.1. The van der Waals surface area contributed by atoms with Crippen LogP contribution in [0.15, 0.2) is 18.2 Å². The molecule has 0 aliphatic carbocycles. The van der Waals surface area contributed by atoms with Gasteiger partial charge in [-0.1, -0.05) is 6.07 Å². The van der Waals surface area contributed by atoms with Crippen LogP contribution in [0.4, 0.5) is 0 Å². The Kier molecular flexibility index (Phi) is 2.90. The van der Waals surface area contributed by atoms with E-state index in [1.807, 2.05) is 20.8 Å². The molecule has 0 amide bonds. The van der Waals surface area contributed by atoms with Gasteiger partial charge in [-0.2, -0.15) is 5.10 Å². The van der Waals surface area contributed by atoms with Crippen molar-refractivity contribution >= 4 is 12.2 Å². The lowest BCUT2D eigenvalue weighted by Gasteiger charge is -2.22. The van der Waals surface area contributed by atoms with Crippen molar-refractivity contribution in [1.82, 2.24) is 14.8 Å². The van der Waals surface area contributed by atoms with E-state index >= 15 is 0 Å². The number of rotatable bonds is 1. The molecule has 1 aromatic carbocycles. The van der Waals surface area contributed by atoms with Gasteiger partial charge in [0, 0.05) is 5.54 Å². The van der Waals surface area contributed by atoms with E-state index in [-0.39, 0.29) is 22.6 Å². The molecule has 0 fully saturated rings. The minimum Gasteiger partial charge on any atom is -0.507 e. The van der Waals surface area contributed by atoms with E-state index in [1.54, 1.807) is 10.6 Å². The maximum absolute atomic E-state index is 9.88. The van der Waals surface area contributed by atoms with Crippen molar-refractivity contribution in [2.45, 2.75) is 26.3 Å². The van der Waals surface area contributed by atoms with Crippen LogP contribution in [0.2, 0.25) is 0 Å². The lowest BCUT2D eigenvalue weighted by molar-refractivity contribution is 0.392. The van der Waals surface area contributed by atoms with Gasteiger partial charge in [-0.25, -0.2) is 0 Å². The van der Waals surface area contributed by atoms with Gasteiger partial charge in [0.05, 0.1) is 0 Å². The third-order valence-electron chi connectivity index (χ3n) is 2.59. The van der Waals surface area contributed by atoms with Gasteiger partial charge in [0.1, 0.15) is 17.1 Å². The van der Waals surface area contributed by atoms with E-state index in [4.69, 9.17) is 12.2 Å².